The van der Waals surface area contributed by atoms with Crippen LogP contribution in [0.15, 0.2) is 36.4 Å². The highest BCUT2D eigenvalue weighted by Gasteiger charge is 2.51. The van der Waals surface area contributed by atoms with Gasteiger partial charge in [0.15, 0.2) is 6.04 Å². The number of rotatable bonds is 2. The fraction of sp³-hybridized carbons (Fsp3) is 0.524. The zero-order chi connectivity index (χ0) is 19.6. The zero-order valence-corrected chi connectivity index (χ0v) is 16.3. The Balaban J connectivity index is 1.84. The number of nitrogens with zero attached hydrogens (tertiary/aromatic N) is 1. The van der Waals surface area contributed by atoms with E-state index in [4.69, 9.17) is 14.2 Å². The van der Waals surface area contributed by atoms with Crippen LogP contribution in [0.1, 0.15) is 32.8 Å². The lowest BCUT2D eigenvalue weighted by Gasteiger charge is -2.28. The number of allylic oxidation sites excluding steroid dienone is 1. The summed E-state index contributed by atoms with van der Waals surface area (Å²) < 4.78 is 16.5. The lowest BCUT2D eigenvalue weighted by molar-refractivity contribution is -0.150. The van der Waals surface area contributed by atoms with E-state index in [2.05, 4.69) is 18.2 Å². The molecule has 1 fully saturated rings. The zero-order valence-electron chi connectivity index (χ0n) is 16.3. The van der Waals surface area contributed by atoms with Crippen LogP contribution in [0.3, 0.4) is 0 Å². The summed E-state index contributed by atoms with van der Waals surface area (Å²) in [5.74, 6) is -0.480. The van der Waals surface area contributed by atoms with Gasteiger partial charge in [-0.2, -0.15) is 0 Å². The Hall–Kier alpha value is -2.34. The molecule has 146 valence electrons. The first-order valence-electron chi connectivity index (χ1n) is 9.23. The molecule has 0 saturated carbocycles. The third-order valence-corrected chi connectivity index (χ3v) is 4.86. The monoisotopic (exact) mass is 373 g/mol. The van der Waals surface area contributed by atoms with E-state index in [1.165, 1.54) is 12.0 Å². The van der Waals surface area contributed by atoms with Crippen LogP contribution in [0, 0.1) is 5.92 Å². The summed E-state index contributed by atoms with van der Waals surface area (Å²) in [6.07, 6.45) is 1.85. The number of carbonyl (C=O) groups is 2. The maximum atomic E-state index is 12.7. The molecule has 3 rings (SSSR count). The minimum Gasteiger partial charge on any atom is -0.467 e. The van der Waals surface area contributed by atoms with Crippen LogP contribution >= 0.6 is 0 Å². The van der Waals surface area contributed by atoms with Crippen LogP contribution in [0.5, 0.6) is 0 Å². The Kier molecular flexibility index (Phi) is 5.56. The molecule has 27 heavy (non-hydrogen) atoms. The van der Waals surface area contributed by atoms with Crippen molar-refractivity contribution in [2.24, 2.45) is 5.92 Å². The Morgan fingerprint density at radius 3 is 2.52 bits per heavy atom. The fourth-order valence-corrected chi connectivity index (χ4v) is 3.72. The van der Waals surface area contributed by atoms with Crippen LogP contribution in [0.4, 0.5) is 4.79 Å². The van der Waals surface area contributed by atoms with Gasteiger partial charge in [-0.05, 0) is 38.3 Å². The molecule has 0 bridgehead atoms. The highest BCUT2D eigenvalue weighted by Crippen LogP contribution is 2.37. The second-order valence-corrected chi connectivity index (χ2v) is 7.96. The van der Waals surface area contributed by atoms with Crippen LogP contribution in [0.25, 0.3) is 5.57 Å². The predicted molar refractivity (Wildman–Crippen MR) is 101 cm³/mol. The van der Waals surface area contributed by atoms with Crippen molar-refractivity contribution < 1.29 is 23.8 Å². The van der Waals surface area contributed by atoms with Crippen molar-refractivity contribution in [3.05, 3.63) is 42.0 Å². The van der Waals surface area contributed by atoms with Crippen LogP contribution in [-0.2, 0) is 19.0 Å². The van der Waals surface area contributed by atoms with Crippen molar-refractivity contribution in [1.29, 1.82) is 0 Å². The van der Waals surface area contributed by atoms with E-state index < -0.39 is 29.8 Å². The minimum absolute atomic E-state index is 0.00410. The molecule has 0 spiro atoms. The maximum absolute atomic E-state index is 12.7. The topological polar surface area (TPSA) is 65.1 Å². The number of ether oxygens (including phenoxy) is 3. The number of carbonyl (C=O) groups excluding carboxylic acids is 2. The van der Waals surface area contributed by atoms with E-state index in [-0.39, 0.29) is 5.92 Å². The number of benzene rings is 1. The Morgan fingerprint density at radius 1 is 1.19 bits per heavy atom. The number of amides is 1. The standard InChI is InChI=1S/C21H27NO5/c1-21(2,3)27-20(24)22-13-16-12-15(14-8-6-5-7-9-14)10-11-26-18(16)17(22)19(23)25-4/h5-10,16-18H,11-13H2,1-4H3/t16-,17?,18?/m0/s1. The van der Waals surface area contributed by atoms with E-state index >= 15 is 0 Å². The lowest BCUT2D eigenvalue weighted by Crippen LogP contribution is -2.48. The molecule has 1 amide bonds. The average Bonchev–Trinajstić information content (AvgIpc) is 2.85. The Bertz CT molecular complexity index is 722. The van der Waals surface area contributed by atoms with Gasteiger partial charge in [-0.1, -0.05) is 36.4 Å². The molecule has 0 N–H and O–H groups in total. The molecule has 2 aliphatic rings. The third kappa shape index (κ3) is 4.33. The van der Waals surface area contributed by atoms with E-state index in [1.54, 1.807) is 20.8 Å². The molecule has 0 aromatic heterocycles. The van der Waals surface area contributed by atoms with Gasteiger partial charge in [0.25, 0.3) is 0 Å². The smallest absolute Gasteiger partial charge is 0.411 e. The molecule has 2 unspecified atom stereocenters. The molecule has 6 nitrogen and oxygen atoms in total. The van der Waals surface area contributed by atoms with Gasteiger partial charge in [-0.15, -0.1) is 0 Å². The average molecular weight is 373 g/mol. The lowest BCUT2D eigenvalue weighted by atomic mass is 9.91. The van der Waals surface area contributed by atoms with Crippen LogP contribution in [-0.4, -0.2) is 55.0 Å². The molecule has 0 aliphatic carbocycles. The van der Waals surface area contributed by atoms with Crippen LogP contribution < -0.4 is 0 Å². The minimum atomic E-state index is -0.793. The van der Waals surface area contributed by atoms with Gasteiger partial charge in [0.05, 0.1) is 19.8 Å². The van der Waals surface area contributed by atoms with Gasteiger partial charge >= 0.3 is 12.1 Å². The van der Waals surface area contributed by atoms with E-state index in [0.29, 0.717) is 13.2 Å². The molecule has 2 aliphatic heterocycles. The first kappa shape index (κ1) is 19.4. The van der Waals surface area contributed by atoms with Crippen molar-refractivity contribution in [3.8, 4) is 0 Å². The molecular formula is C21H27NO5. The molecular weight excluding hydrogens is 346 g/mol. The second-order valence-electron chi connectivity index (χ2n) is 7.96. The van der Waals surface area contributed by atoms with Crippen molar-refractivity contribution in [2.45, 2.75) is 44.9 Å². The van der Waals surface area contributed by atoms with E-state index in [0.717, 1.165) is 17.6 Å². The van der Waals surface area contributed by atoms with Gasteiger partial charge in [-0.3, -0.25) is 4.90 Å². The molecule has 0 radical (unpaired) electrons. The van der Waals surface area contributed by atoms with Gasteiger partial charge < -0.3 is 14.2 Å². The highest BCUT2D eigenvalue weighted by atomic mass is 16.6. The summed E-state index contributed by atoms with van der Waals surface area (Å²) in [5, 5.41) is 0. The summed E-state index contributed by atoms with van der Waals surface area (Å²) in [4.78, 5) is 26.6. The molecule has 1 aromatic carbocycles. The predicted octanol–water partition coefficient (Wildman–Crippen LogP) is 3.27. The Morgan fingerprint density at radius 2 is 1.89 bits per heavy atom. The van der Waals surface area contributed by atoms with Crippen molar-refractivity contribution in [3.63, 3.8) is 0 Å². The summed E-state index contributed by atoms with van der Waals surface area (Å²) in [6.45, 7) is 6.20. The SMILES string of the molecule is COC(=O)C1C2OCC=C(c3ccccc3)C[C@H]2CN1C(=O)OC(C)(C)C. The maximum Gasteiger partial charge on any atom is 0.411 e. The number of hydrogen-bond donors (Lipinski definition) is 0. The second kappa shape index (κ2) is 7.72. The summed E-state index contributed by atoms with van der Waals surface area (Å²) in [5.41, 5.74) is 1.66. The highest BCUT2D eigenvalue weighted by molar-refractivity contribution is 5.83. The van der Waals surface area contributed by atoms with E-state index in [1.807, 2.05) is 18.2 Å². The molecule has 1 aromatic rings. The van der Waals surface area contributed by atoms with Gasteiger partial charge in [0, 0.05) is 12.5 Å². The summed E-state index contributed by atoms with van der Waals surface area (Å²) in [7, 11) is 1.33. The number of hydrogen-bond acceptors (Lipinski definition) is 5. The van der Waals surface area contributed by atoms with Crippen molar-refractivity contribution in [2.75, 3.05) is 20.3 Å². The normalized spacial score (nSPS) is 25.3. The third-order valence-electron chi connectivity index (χ3n) is 4.86. The number of esters is 1. The van der Waals surface area contributed by atoms with E-state index in [9.17, 15) is 9.59 Å². The van der Waals surface area contributed by atoms with Gasteiger partial charge in [0.2, 0.25) is 0 Å². The largest absolute Gasteiger partial charge is 0.467 e. The summed E-state index contributed by atoms with van der Waals surface area (Å²) in [6, 6.07) is 9.30. The first-order chi connectivity index (χ1) is 12.8. The number of methoxy groups -OCH3 is 1. The number of likely N-dealkylation sites (tertiary alicyclic amines) is 1. The number of fused-ring (bicyclic) bond motifs is 1. The molecule has 2 heterocycles. The quantitative estimate of drug-likeness (QED) is 0.745. The molecule has 1 saturated heterocycles. The van der Waals surface area contributed by atoms with Crippen molar-refractivity contribution in [1.82, 2.24) is 4.90 Å². The van der Waals surface area contributed by atoms with Gasteiger partial charge in [-0.25, -0.2) is 9.59 Å². The van der Waals surface area contributed by atoms with Gasteiger partial charge in [0.1, 0.15) is 5.60 Å². The van der Waals surface area contributed by atoms with Crippen molar-refractivity contribution >= 4 is 17.6 Å². The summed E-state index contributed by atoms with van der Waals surface area (Å²) >= 11 is 0. The Labute approximate surface area is 160 Å². The fourth-order valence-electron chi connectivity index (χ4n) is 3.72. The first-order valence-corrected chi connectivity index (χ1v) is 9.23. The molecule has 3 atom stereocenters. The van der Waals surface area contributed by atoms with Crippen LogP contribution in [0.2, 0.25) is 0 Å². The molecule has 6 heteroatoms.